The average Bonchev–Trinajstić information content (AvgIpc) is 3.04. The van der Waals surface area contributed by atoms with Crippen molar-refractivity contribution in [3.63, 3.8) is 0 Å². The Bertz CT molecular complexity index is 954. The Balaban J connectivity index is 1.70. The van der Waals surface area contributed by atoms with Gasteiger partial charge in [0.25, 0.3) is 0 Å². The normalized spacial score (nSPS) is 10.7. The highest BCUT2D eigenvalue weighted by atomic mass is 32.2. The number of benzene rings is 2. The van der Waals surface area contributed by atoms with Crippen LogP contribution in [0.4, 0.5) is 5.69 Å². The molecular formula is C20H22N4O2S. The number of carbonyl (C=O) groups is 1. The van der Waals surface area contributed by atoms with Gasteiger partial charge in [-0.1, -0.05) is 30.0 Å². The number of para-hydroxylation sites is 1. The first-order valence-electron chi connectivity index (χ1n) is 8.55. The van der Waals surface area contributed by atoms with Crippen LogP contribution in [0.1, 0.15) is 17.0 Å². The monoisotopic (exact) mass is 382 g/mol. The molecule has 0 unspecified atom stereocenters. The Kier molecular flexibility index (Phi) is 5.81. The molecule has 1 heterocycles. The van der Waals surface area contributed by atoms with Crippen molar-refractivity contribution in [1.29, 1.82) is 0 Å². The summed E-state index contributed by atoms with van der Waals surface area (Å²) in [6, 6.07) is 13.7. The lowest BCUT2D eigenvalue weighted by Gasteiger charge is -2.12. The van der Waals surface area contributed by atoms with E-state index < -0.39 is 0 Å². The number of thioether (sulfide) groups is 1. The van der Waals surface area contributed by atoms with Gasteiger partial charge in [0, 0.05) is 11.4 Å². The van der Waals surface area contributed by atoms with Crippen molar-refractivity contribution in [3.05, 3.63) is 59.4 Å². The summed E-state index contributed by atoms with van der Waals surface area (Å²) < 4.78 is 7.26. The van der Waals surface area contributed by atoms with Crippen LogP contribution in [0.25, 0.3) is 5.69 Å². The van der Waals surface area contributed by atoms with Crippen LogP contribution in [-0.2, 0) is 4.79 Å². The van der Waals surface area contributed by atoms with Gasteiger partial charge in [-0.3, -0.25) is 9.36 Å². The van der Waals surface area contributed by atoms with E-state index in [1.165, 1.54) is 11.8 Å². The molecule has 0 spiro atoms. The van der Waals surface area contributed by atoms with Crippen molar-refractivity contribution in [2.24, 2.45) is 0 Å². The van der Waals surface area contributed by atoms with Crippen LogP contribution >= 0.6 is 11.8 Å². The second kappa shape index (κ2) is 8.26. The summed E-state index contributed by atoms with van der Waals surface area (Å²) in [5, 5.41) is 12.0. The van der Waals surface area contributed by atoms with Crippen molar-refractivity contribution >= 4 is 23.4 Å². The predicted molar refractivity (Wildman–Crippen MR) is 108 cm³/mol. The molecule has 0 aliphatic carbocycles. The molecule has 2 aromatic carbocycles. The molecule has 7 heteroatoms. The van der Waals surface area contributed by atoms with Gasteiger partial charge in [-0.2, -0.15) is 0 Å². The minimum Gasteiger partial charge on any atom is -0.496 e. The minimum atomic E-state index is -0.0899. The molecule has 0 saturated carbocycles. The van der Waals surface area contributed by atoms with Crippen LogP contribution in [0.3, 0.4) is 0 Å². The summed E-state index contributed by atoms with van der Waals surface area (Å²) in [5.41, 5.74) is 3.70. The number of aromatic nitrogens is 3. The molecule has 0 fully saturated rings. The van der Waals surface area contributed by atoms with E-state index >= 15 is 0 Å². The lowest BCUT2D eigenvalue weighted by atomic mass is 10.1. The van der Waals surface area contributed by atoms with Gasteiger partial charge in [-0.25, -0.2) is 0 Å². The van der Waals surface area contributed by atoms with Crippen LogP contribution in [0.15, 0.2) is 47.6 Å². The summed E-state index contributed by atoms with van der Waals surface area (Å²) in [7, 11) is 1.64. The number of nitrogens with zero attached hydrogens (tertiary/aromatic N) is 3. The summed E-state index contributed by atoms with van der Waals surface area (Å²) in [4.78, 5) is 12.4. The smallest absolute Gasteiger partial charge is 0.234 e. The molecule has 1 amide bonds. The van der Waals surface area contributed by atoms with Gasteiger partial charge >= 0.3 is 0 Å². The Morgan fingerprint density at radius 1 is 1.11 bits per heavy atom. The molecule has 0 bridgehead atoms. The number of amides is 1. The van der Waals surface area contributed by atoms with E-state index in [-0.39, 0.29) is 11.7 Å². The zero-order valence-corrected chi connectivity index (χ0v) is 16.6. The standard InChI is InChI=1S/C20H22N4O2S/c1-13-11-18(26-4)14(2)10-17(13)21-19(25)12-27-20-23-22-15(3)24(20)16-8-6-5-7-9-16/h5-11H,12H2,1-4H3,(H,21,25). The quantitative estimate of drug-likeness (QED) is 0.654. The fourth-order valence-electron chi connectivity index (χ4n) is 2.77. The highest BCUT2D eigenvalue weighted by molar-refractivity contribution is 7.99. The Morgan fingerprint density at radius 2 is 1.85 bits per heavy atom. The van der Waals surface area contributed by atoms with Crippen molar-refractivity contribution in [1.82, 2.24) is 14.8 Å². The summed E-state index contributed by atoms with van der Waals surface area (Å²) in [6.45, 7) is 5.79. The first-order valence-corrected chi connectivity index (χ1v) is 9.53. The molecule has 1 N–H and O–H groups in total. The van der Waals surface area contributed by atoms with Crippen molar-refractivity contribution < 1.29 is 9.53 Å². The zero-order valence-electron chi connectivity index (χ0n) is 15.8. The van der Waals surface area contributed by atoms with Gasteiger partial charge in [0.1, 0.15) is 11.6 Å². The molecule has 0 saturated heterocycles. The average molecular weight is 382 g/mol. The SMILES string of the molecule is COc1cc(C)c(NC(=O)CSc2nnc(C)n2-c2ccccc2)cc1C. The molecule has 0 atom stereocenters. The van der Waals surface area contributed by atoms with E-state index in [4.69, 9.17) is 4.74 Å². The van der Waals surface area contributed by atoms with E-state index in [9.17, 15) is 4.79 Å². The van der Waals surface area contributed by atoms with E-state index in [0.29, 0.717) is 5.16 Å². The maximum atomic E-state index is 12.4. The summed E-state index contributed by atoms with van der Waals surface area (Å²) in [6.07, 6.45) is 0. The van der Waals surface area contributed by atoms with Crippen LogP contribution in [0.2, 0.25) is 0 Å². The lowest BCUT2D eigenvalue weighted by molar-refractivity contribution is -0.113. The Labute approximate surface area is 163 Å². The van der Waals surface area contributed by atoms with Gasteiger partial charge in [-0.15, -0.1) is 10.2 Å². The minimum absolute atomic E-state index is 0.0899. The van der Waals surface area contributed by atoms with Crippen molar-refractivity contribution in [2.75, 3.05) is 18.2 Å². The highest BCUT2D eigenvalue weighted by Crippen LogP contribution is 2.27. The number of hydrogen-bond acceptors (Lipinski definition) is 5. The number of hydrogen-bond donors (Lipinski definition) is 1. The fourth-order valence-corrected chi connectivity index (χ4v) is 3.57. The molecule has 27 heavy (non-hydrogen) atoms. The van der Waals surface area contributed by atoms with Crippen LogP contribution < -0.4 is 10.1 Å². The van der Waals surface area contributed by atoms with Crippen molar-refractivity contribution in [2.45, 2.75) is 25.9 Å². The van der Waals surface area contributed by atoms with Gasteiger partial charge in [0.15, 0.2) is 5.16 Å². The third-order valence-corrected chi connectivity index (χ3v) is 5.09. The van der Waals surface area contributed by atoms with Gasteiger partial charge in [0.05, 0.1) is 12.9 Å². The number of rotatable bonds is 6. The van der Waals surface area contributed by atoms with Crippen molar-refractivity contribution in [3.8, 4) is 11.4 Å². The number of ether oxygens (including phenoxy) is 1. The zero-order chi connectivity index (χ0) is 19.4. The van der Waals surface area contributed by atoms with E-state index in [1.54, 1.807) is 7.11 Å². The fraction of sp³-hybridized carbons (Fsp3) is 0.250. The third kappa shape index (κ3) is 4.31. The lowest BCUT2D eigenvalue weighted by Crippen LogP contribution is -2.15. The second-order valence-corrected chi connectivity index (χ2v) is 7.12. The molecule has 140 valence electrons. The largest absolute Gasteiger partial charge is 0.496 e. The van der Waals surface area contributed by atoms with E-state index in [1.807, 2.05) is 67.8 Å². The second-order valence-electron chi connectivity index (χ2n) is 6.17. The predicted octanol–water partition coefficient (Wildman–Crippen LogP) is 3.93. The van der Waals surface area contributed by atoms with E-state index in [2.05, 4.69) is 15.5 Å². The molecule has 1 aromatic heterocycles. The van der Waals surface area contributed by atoms with Gasteiger partial charge in [0.2, 0.25) is 5.91 Å². The van der Waals surface area contributed by atoms with E-state index in [0.717, 1.165) is 34.1 Å². The van der Waals surface area contributed by atoms with Crippen LogP contribution in [-0.4, -0.2) is 33.5 Å². The maximum absolute atomic E-state index is 12.4. The number of carbonyl (C=O) groups excluding carboxylic acids is 1. The summed E-state index contributed by atoms with van der Waals surface area (Å²) >= 11 is 1.36. The maximum Gasteiger partial charge on any atom is 0.234 e. The molecule has 6 nitrogen and oxygen atoms in total. The van der Waals surface area contributed by atoms with Crippen LogP contribution in [0, 0.1) is 20.8 Å². The first-order chi connectivity index (χ1) is 13.0. The van der Waals surface area contributed by atoms with Crippen LogP contribution in [0.5, 0.6) is 5.75 Å². The molecule has 0 aliphatic rings. The molecule has 0 radical (unpaired) electrons. The topological polar surface area (TPSA) is 69.0 Å². The number of nitrogens with one attached hydrogen (secondary N) is 1. The first kappa shape index (κ1) is 19.0. The third-order valence-electron chi connectivity index (χ3n) is 4.16. The van der Waals surface area contributed by atoms with Gasteiger partial charge in [-0.05, 0) is 56.2 Å². The summed E-state index contributed by atoms with van der Waals surface area (Å²) in [5.74, 6) is 1.75. The Hall–Kier alpha value is -2.80. The Morgan fingerprint density at radius 3 is 2.56 bits per heavy atom. The van der Waals surface area contributed by atoms with Gasteiger partial charge < -0.3 is 10.1 Å². The highest BCUT2D eigenvalue weighted by Gasteiger charge is 2.14. The number of aryl methyl sites for hydroxylation is 3. The molecule has 0 aliphatic heterocycles. The molecule has 3 rings (SSSR count). The molecule has 3 aromatic rings. The molecular weight excluding hydrogens is 360 g/mol. The number of anilines is 1. The number of methoxy groups -OCH3 is 1.